The maximum Gasteiger partial charge on any atom is 0.120 e. The molecule has 12 heavy (non-hydrogen) atoms. The Morgan fingerprint density at radius 2 is 2.25 bits per heavy atom. The highest BCUT2D eigenvalue weighted by Crippen LogP contribution is 2.24. The third-order valence-corrected chi connectivity index (χ3v) is 2.38. The van der Waals surface area contributed by atoms with Crippen molar-refractivity contribution in [3.8, 4) is 0 Å². The Labute approximate surface area is 79.4 Å². The number of hydrogen-bond donors (Lipinski definition) is 1. The molecule has 0 amide bonds. The molecule has 0 saturated carbocycles. The monoisotopic (exact) mass is 232 g/mol. The van der Waals surface area contributed by atoms with Gasteiger partial charge in [0.05, 0.1) is 0 Å². The first-order valence-corrected chi connectivity index (χ1v) is 4.44. The van der Waals surface area contributed by atoms with E-state index in [-0.39, 0.29) is 0 Å². The van der Waals surface area contributed by atoms with Crippen LogP contribution in [0.2, 0.25) is 0 Å². The summed E-state index contributed by atoms with van der Waals surface area (Å²) in [5.74, 6) is 0. The summed E-state index contributed by atoms with van der Waals surface area (Å²) in [6.07, 6.45) is -1.01. The van der Waals surface area contributed by atoms with Crippen molar-refractivity contribution in [2.75, 3.05) is 6.67 Å². The molecule has 1 atom stereocenters. The first-order valence-electron chi connectivity index (χ1n) is 3.65. The second kappa shape index (κ2) is 4.01. The number of aliphatic hydroxyl groups is 1. The zero-order valence-electron chi connectivity index (χ0n) is 6.72. The van der Waals surface area contributed by atoms with Crippen molar-refractivity contribution >= 4 is 15.9 Å². The summed E-state index contributed by atoms with van der Waals surface area (Å²) in [6, 6.07) is 5.48. The average Bonchev–Trinajstić information content (AvgIpc) is 2.08. The van der Waals surface area contributed by atoms with Crippen molar-refractivity contribution in [1.82, 2.24) is 0 Å². The van der Waals surface area contributed by atoms with Crippen molar-refractivity contribution in [2.24, 2.45) is 0 Å². The highest BCUT2D eigenvalue weighted by atomic mass is 79.9. The molecular weight excluding hydrogens is 223 g/mol. The molecule has 0 aliphatic carbocycles. The zero-order chi connectivity index (χ0) is 9.14. The van der Waals surface area contributed by atoms with Crippen LogP contribution in [0, 0.1) is 6.92 Å². The molecule has 66 valence electrons. The molecule has 0 bridgehead atoms. The van der Waals surface area contributed by atoms with E-state index in [1.54, 1.807) is 6.07 Å². The molecule has 1 nitrogen and oxygen atoms in total. The molecule has 0 spiro atoms. The standard InChI is InChI=1S/C9H10BrFO/c1-6-2-3-8(10)7(4-6)9(12)5-11/h2-4,9,12H,5H2,1H3. The lowest BCUT2D eigenvalue weighted by Crippen LogP contribution is -2.00. The van der Waals surface area contributed by atoms with Crippen molar-refractivity contribution in [3.63, 3.8) is 0 Å². The topological polar surface area (TPSA) is 20.2 Å². The largest absolute Gasteiger partial charge is 0.386 e. The summed E-state index contributed by atoms with van der Waals surface area (Å²) >= 11 is 3.25. The van der Waals surface area contributed by atoms with Crippen LogP contribution in [0.4, 0.5) is 4.39 Å². The molecule has 0 heterocycles. The Morgan fingerprint density at radius 3 is 2.83 bits per heavy atom. The number of halogens is 2. The Bertz CT molecular complexity index is 275. The van der Waals surface area contributed by atoms with E-state index in [9.17, 15) is 9.50 Å². The predicted molar refractivity (Wildman–Crippen MR) is 49.8 cm³/mol. The molecule has 3 heteroatoms. The second-order valence-electron chi connectivity index (χ2n) is 2.70. The maximum atomic E-state index is 12.1. The van der Waals surface area contributed by atoms with Crippen molar-refractivity contribution < 1.29 is 9.50 Å². The fraction of sp³-hybridized carbons (Fsp3) is 0.333. The van der Waals surface area contributed by atoms with Gasteiger partial charge in [-0.15, -0.1) is 0 Å². The molecule has 0 aromatic heterocycles. The third kappa shape index (κ3) is 2.05. The van der Waals surface area contributed by atoms with Crippen LogP contribution in [0.25, 0.3) is 0 Å². The van der Waals surface area contributed by atoms with Gasteiger partial charge in [0.1, 0.15) is 12.8 Å². The van der Waals surface area contributed by atoms with E-state index in [1.807, 2.05) is 19.1 Å². The van der Waals surface area contributed by atoms with Gasteiger partial charge in [-0.2, -0.15) is 0 Å². The highest BCUT2D eigenvalue weighted by molar-refractivity contribution is 9.10. The summed E-state index contributed by atoms with van der Waals surface area (Å²) in [5, 5.41) is 9.23. The maximum absolute atomic E-state index is 12.1. The quantitative estimate of drug-likeness (QED) is 0.832. The molecule has 0 saturated heterocycles. The molecule has 1 rings (SSSR count). The molecule has 1 aromatic carbocycles. The number of aryl methyl sites for hydroxylation is 1. The molecule has 1 unspecified atom stereocenters. The van der Waals surface area contributed by atoms with Crippen LogP contribution in [-0.4, -0.2) is 11.8 Å². The van der Waals surface area contributed by atoms with Gasteiger partial charge in [-0.3, -0.25) is 0 Å². The van der Waals surface area contributed by atoms with Gasteiger partial charge in [0.2, 0.25) is 0 Å². The predicted octanol–water partition coefficient (Wildman–Crippen LogP) is 2.76. The van der Waals surface area contributed by atoms with Crippen molar-refractivity contribution in [2.45, 2.75) is 13.0 Å². The molecule has 0 aliphatic rings. The van der Waals surface area contributed by atoms with Crippen LogP contribution in [0.1, 0.15) is 17.2 Å². The molecule has 0 aliphatic heterocycles. The van der Waals surface area contributed by atoms with E-state index in [0.717, 1.165) is 10.0 Å². The van der Waals surface area contributed by atoms with E-state index in [4.69, 9.17) is 0 Å². The summed E-state index contributed by atoms with van der Waals surface area (Å²) in [5.41, 5.74) is 1.62. The molecular formula is C9H10BrFO. The summed E-state index contributed by atoms with van der Waals surface area (Å²) in [6.45, 7) is 1.16. The molecule has 0 radical (unpaired) electrons. The van der Waals surface area contributed by atoms with E-state index in [2.05, 4.69) is 15.9 Å². The van der Waals surface area contributed by atoms with Crippen LogP contribution in [0.3, 0.4) is 0 Å². The minimum atomic E-state index is -1.01. The lowest BCUT2D eigenvalue weighted by Gasteiger charge is -2.09. The lowest BCUT2D eigenvalue weighted by atomic mass is 10.1. The van der Waals surface area contributed by atoms with E-state index >= 15 is 0 Å². The Balaban J connectivity index is 3.04. The minimum absolute atomic E-state index is 0.609. The third-order valence-electron chi connectivity index (χ3n) is 1.66. The first-order chi connectivity index (χ1) is 5.65. The number of alkyl halides is 1. The number of aliphatic hydroxyl groups excluding tert-OH is 1. The number of benzene rings is 1. The lowest BCUT2D eigenvalue weighted by molar-refractivity contribution is 0.141. The SMILES string of the molecule is Cc1ccc(Br)c(C(O)CF)c1. The molecule has 0 fully saturated rings. The van der Waals surface area contributed by atoms with Gasteiger partial charge in [-0.05, 0) is 18.6 Å². The molecule has 1 aromatic rings. The van der Waals surface area contributed by atoms with E-state index in [1.165, 1.54) is 0 Å². The first kappa shape index (κ1) is 9.68. The normalized spacial score (nSPS) is 13.0. The fourth-order valence-corrected chi connectivity index (χ4v) is 1.51. The molecule has 1 N–H and O–H groups in total. The average molecular weight is 233 g/mol. The van der Waals surface area contributed by atoms with Gasteiger partial charge in [0.25, 0.3) is 0 Å². The van der Waals surface area contributed by atoms with E-state index < -0.39 is 12.8 Å². The number of rotatable bonds is 2. The summed E-state index contributed by atoms with van der Waals surface area (Å²) in [7, 11) is 0. The van der Waals surface area contributed by atoms with Crippen LogP contribution < -0.4 is 0 Å². The zero-order valence-corrected chi connectivity index (χ0v) is 8.31. The number of hydrogen-bond acceptors (Lipinski definition) is 1. The van der Waals surface area contributed by atoms with Crippen molar-refractivity contribution in [3.05, 3.63) is 33.8 Å². The van der Waals surface area contributed by atoms with E-state index in [0.29, 0.717) is 5.56 Å². The van der Waals surface area contributed by atoms with Gasteiger partial charge in [0, 0.05) is 4.47 Å². The van der Waals surface area contributed by atoms with Crippen LogP contribution in [-0.2, 0) is 0 Å². The second-order valence-corrected chi connectivity index (χ2v) is 3.55. The van der Waals surface area contributed by atoms with Crippen LogP contribution >= 0.6 is 15.9 Å². The van der Waals surface area contributed by atoms with Crippen molar-refractivity contribution in [1.29, 1.82) is 0 Å². The van der Waals surface area contributed by atoms with Gasteiger partial charge in [-0.25, -0.2) is 4.39 Å². The van der Waals surface area contributed by atoms with Crippen LogP contribution in [0.5, 0.6) is 0 Å². The Hall–Kier alpha value is -0.410. The van der Waals surface area contributed by atoms with Gasteiger partial charge >= 0.3 is 0 Å². The Kier molecular flexibility index (Phi) is 3.23. The summed E-state index contributed by atoms with van der Waals surface area (Å²) < 4.78 is 12.9. The minimum Gasteiger partial charge on any atom is -0.386 e. The fourth-order valence-electron chi connectivity index (χ4n) is 1.00. The van der Waals surface area contributed by atoms with Crippen LogP contribution in [0.15, 0.2) is 22.7 Å². The van der Waals surface area contributed by atoms with Gasteiger partial charge in [-0.1, -0.05) is 33.6 Å². The smallest absolute Gasteiger partial charge is 0.120 e. The van der Waals surface area contributed by atoms with Gasteiger partial charge in [0.15, 0.2) is 0 Å². The van der Waals surface area contributed by atoms with Gasteiger partial charge < -0.3 is 5.11 Å². The highest BCUT2D eigenvalue weighted by Gasteiger charge is 2.10. The summed E-state index contributed by atoms with van der Waals surface area (Å²) in [4.78, 5) is 0. The Morgan fingerprint density at radius 1 is 1.58 bits per heavy atom.